The Morgan fingerprint density at radius 2 is 1.36 bits per heavy atom. The van der Waals surface area contributed by atoms with Crippen molar-refractivity contribution in [2.24, 2.45) is 11.5 Å². The molecule has 4 heteroatoms. The first-order chi connectivity index (χ1) is 13.8. The van der Waals surface area contributed by atoms with E-state index >= 15 is 0 Å². The molecule has 0 saturated carbocycles. The molecule has 0 radical (unpaired) electrons. The van der Waals surface area contributed by atoms with E-state index in [-0.39, 0.29) is 6.04 Å². The minimum absolute atomic E-state index is 0.0756. The van der Waals surface area contributed by atoms with E-state index < -0.39 is 0 Å². The first-order valence-corrected chi connectivity index (χ1v) is 12.1. The number of allylic oxidation sites excluding steroid dienone is 2. The predicted molar refractivity (Wildman–Crippen MR) is 124 cm³/mol. The summed E-state index contributed by atoms with van der Waals surface area (Å²) >= 11 is 0. The van der Waals surface area contributed by atoms with Gasteiger partial charge in [0.2, 0.25) is 0 Å². The SMILES string of the molecule is CCCCCCCCC=CCCCCCCCC(=O)C(CCN)NCCCN. The van der Waals surface area contributed by atoms with Gasteiger partial charge >= 0.3 is 0 Å². The van der Waals surface area contributed by atoms with Crippen LogP contribution in [0.3, 0.4) is 0 Å². The second kappa shape index (κ2) is 22.6. The van der Waals surface area contributed by atoms with Crippen molar-refractivity contribution in [1.82, 2.24) is 5.32 Å². The molecule has 5 N–H and O–H groups in total. The number of unbranched alkanes of at least 4 members (excludes halogenated alkanes) is 11. The van der Waals surface area contributed by atoms with Crippen molar-refractivity contribution < 1.29 is 4.79 Å². The molecule has 0 aromatic carbocycles. The number of nitrogens with one attached hydrogen (secondary N) is 1. The van der Waals surface area contributed by atoms with Gasteiger partial charge in [-0.15, -0.1) is 0 Å². The van der Waals surface area contributed by atoms with Gasteiger partial charge in [-0.2, -0.15) is 0 Å². The van der Waals surface area contributed by atoms with Crippen molar-refractivity contribution in [2.75, 3.05) is 19.6 Å². The number of hydrogen-bond donors (Lipinski definition) is 3. The standard InChI is InChI=1S/C24H49N3O/c1-2-3-4-5-6-7-8-9-10-11-12-13-14-15-16-18-24(28)23(19-21-26)27-22-17-20-25/h9-10,23,27H,2-8,11-22,25-26H2,1H3. The van der Waals surface area contributed by atoms with Crippen molar-refractivity contribution in [1.29, 1.82) is 0 Å². The van der Waals surface area contributed by atoms with Gasteiger partial charge < -0.3 is 16.8 Å². The quantitative estimate of drug-likeness (QED) is 0.173. The van der Waals surface area contributed by atoms with E-state index in [0.29, 0.717) is 25.3 Å². The van der Waals surface area contributed by atoms with E-state index in [9.17, 15) is 4.79 Å². The van der Waals surface area contributed by atoms with Crippen LogP contribution in [-0.2, 0) is 4.79 Å². The summed E-state index contributed by atoms with van der Waals surface area (Å²) in [6.07, 6.45) is 23.7. The Balaban J connectivity index is 3.49. The van der Waals surface area contributed by atoms with Crippen LogP contribution in [0.25, 0.3) is 0 Å². The number of Topliss-reactive ketones (excluding diaryl/α,β-unsaturated/α-hetero) is 1. The average Bonchev–Trinajstić information content (AvgIpc) is 2.70. The van der Waals surface area contributed by atoms with E-state index in [0.717, 1.165) is 32.2 Å². The largest absolute Gasteiger partial charge is 0.330 e. The molecule has 1 unspecified atom stereocenters. The third-order valence-electron chi connectivity index (χ3n) is 5.30. The zero-order chi connectivity index (χ0) is 20.7. The molecular weight excluding hydrogens is 346 g/mol. The van der Waals surface area contributed by atoms with E-state index in [1.54, 1.807) is 0 Å². The summed E-state index contributed by atoms with van der Waals surface area (Å²) in [4.78, 5) is 12.3. The smallest absolute Gasteiger partial charge is 0.149 e. The van der Waals surface area contributed by atoms with Gasteiger partial charge in [0.1, 0.15) is 5.78 Å². The van der Waals surface area contributed by atoms with E-state index in [2.05, 4.69) is 24.4 Å². The summed E-state index contributed by atoms with van der Waals surface area (Å²) in [6, 6.07) is -0.0756. The maximum Gasteiger partial charge on any atom is 0.149 e. The summed E-state index contributed by atoms with van der Waals surface area (Å²) in [6.45, 7) is 4.28. The van der Waals surface area contributed by atoms with E-state index in [1.165, 1.54) is 70.6 Å². The van der Waals surface area contributed by atoms with Gasteiger partial charge in [0.05, 0.1) is 6.04 Å². The molecule has 28 heavy (non-hydrogen) atoms. The molecule has 166 valence electrons. The lowest BCUT2D eigenvalue weighted by molar-refractivity contribution is -0.121. The van der Waals surface area contributed by atoms with Gasteiger partial charge in [-0.05, 0) is 64.6 Å². The molecule has 0 heterocycles. The Bertz CT molecular complexity index is 358. The third-order valence-corrected chi connectivity index (χ3v) is 5.30. The normalized spacial score (nSPS) is 12.7. The Hall–Kier alpha value is -0.710. The van der Waals surface area contributed by atoms with Crippen LogP contribution in [0.15, 0.2) is 12.2 Å². The van der Waals surface area contributed by atoms with Crippen molar-refractivity contribution in [3.8, 4) is 0 Å². The highest BCUT2D eigenvalue weighted by Crippen LogP contribution is 2.11. The molecule has 0 aliphatic rings. The van der Waals surface area contributed by atoms with E-state index in [1.807, 2.05) is 0 Å². The summed E-state index contributed by atoms with van der Waals surface area (Å²) in [5.74, 6) is 0.320. The minimum Gasteiger partial charge on any atom is -0.330 e. The molecule has 0 spiro atoms. The molecule has 1 atom stereocenters. The lowest BCUT2D eigenvalue weighted by Gasteiger charge is -2.16. The molecule has 0 rings (SSSR count). The number of rotatable bonds is 22. The second-order valence-corrected chi connectivity index (χ2v) is 8.03. The monoisotopic (exact) mass is 395 g/mol. The van der Waals surface area contributed by atoms with Crippen LogP contribution < -0.4 is 16.8 Å². The van der Waals surface area contributed by atoms with Crippen LogP contribution in [0.1, 0.15) is 110 Å². The fraction of sp³-hybridized carbons (Fsp3) is 0.875. The minimum atomic E-state index is -0.0756. The van der Waals surface area contributed by atoms with Crippen LogP contribution in [0.5, 0.6) is 0 Å². The van der Waals surface area contributed by atoms with Crippen molar-refractivity contribution in [2.45, 2.75) is 116 Å². The molecule has 0 aliphatic carbocycles. The maximum atomic E-state index is 12.3. The second-order valence-electron chi connectivity index (χ2n) is 8.03. The highest BCUT2D eigenvalue weighted by atomic mass is 16.1. The molecule has 4 nitrogen and oxygen atoms in total. The highest BCUT2D eigenvalue weighted by Gasteiger charge is 2.15. The van der Waals surface area contributed by atoms with Gasteiger partial charge in [-0.3, -0.25) is 4.79 Å². The Morgan fingerprint density at radius 3 is 1.93 bits per heavy atom. The van der Waals surface area contributed by atoms with Crippen molar-refractivity contribution in [3.05, 3.63) is 12.2 Å². The van der Waals surface area contributed by atoms with Gasteiger partial charge in [0.15, 0.2) is 0 Å². The number of carbonyl (C=O) groups is 1. The van der Waals surface area contributed by atoms with Crippen molar-refractivity contribution in [3.63, 3.8) is 0 Å². The fourth-order valence-corrected chi connectivity index (χ4v) is 3.47. The number of carbonyl (C=O) groups excluding carboxylic acids is 1. The van der Waals surface area contributed by atoms with Gasteiger partial charge in [0.25, 0.3) is 0 Å². The molecule has 0 saturated heterocycles. The average molecular weight is 396 g/mol. The van der Waals surface area contributed by atoms with Crippen LogP contribution in [0, 0.1) is 0 Å². The zero-order valence-electron chi connectivity index (χ0n) is 18.7. The third kappa shape index (κ3) is 18.6. The fourth-order valence-electron chi connectivity index (χ4n) is 3.47. The molecule has 0 aromatic heterocycles. The van der Waals surface area contributed by atoms with Crippen LogP contribution in [0.4, 0.5) is 0 Å². The van der Waals surface area contributed by atoms with Gasteiger partial charge in [0, 0.05) is 6.42 Å². The molecule has 0 bridgehead atoms. The summed E-state index contributed by atoms with van der Waals surface area (Å²) in [5, 5.41) is 3.31. The Morgan fingerprint density at radius 1 is 0.786 bits per heavy atom. The molecular formula is C24H49N3O. The van der Waals surface area contributed by atoms with E-state index in [4.69, 9.17) is 11.5 Å². The first-order valence-electron chi connectivity index (χ1n) is 12.1. The molecule has 0 aromatic rings. The maximum absolute atomic E-state index is 12.3. The number of ketones is 1. The Kier molecular flexibility index (Phi) is 22.0. The van der Waals surface area contributed by atoms with Gasteiger partial charge in [-0.25, -0.2) is 0 Å². The van der Waals surface area contributed by atoms with Crippen molar-refractivity contribution >= 4 is 5.78 Å². The molecule has 0 fully saturated rings. The topological polar surface area (TPSA) is 81.1 Å². The number of hydrogen-bond acceptors (Lipinski definition) is 4. The van der Waals surface area contributed by atoms with Gasteiger partial charge in [-0.1, -0.05) is 70.4 Å². The van der Waals surface area contributed by atoms with Crippen LogP contribution in [0.2, 0.25) is 0 Å². The summed E-state index contributed by atoms with van der Waals surface area (Å²) in [7, 11) is 0. The Labute approximate surface area is 175 Å². The summed E-state index contributed by atoms with van der Waals surface area (Å²) < 4.78 is 0. The first kappa shape index (κ1) is 27.3. The molecule has 0 aliphatic heterocycles. The summed E-state index contributed by atoms with van der Waals surface area (Å²) in [5.41, 5.74) is 11.1. The lowest BCUT2D eigenvalue weighted by atomic mass is 10.0. The lowest BCUT2D eigenvalue weighted by Crippen LogP contribution is -2.39. The zero-order valence-corrected chi connectivity index (χ0v) is 18.7. The predicted octanol–water partition coefficient (Wildman–Crippen LogP) is 5.25. The van der Waals surface area contributed by atoms with Crippen LogP contribution in [-0.4, -0.2) is 31.5 Å². The number of nitrogens with two attached hydrogens (primary N) is 2. The molecule has 0 amide bonds. The van der Waals surface area contributed by atoms with Crippen LogP contribution >= 0.6 is 0 Å². The highest BCUT2D eigenvalue weighted by molar-refractivity contribution is 5.83.